The zero-order valence-corrected chi connectivity index (χ0v) is 14.7. The van der Waals surface area contributed by atoms with Gasteiger partial charge < -0.3 is 4.74 Å². The minimum Gasteiger partial charge on any atom is -0.461 e. The van der Waals surface area contributed by atoms with E-state index in [0.717, 1.165) is 46.1 Å². The Morgan fingerprint density at radius 2 is 2.21 bits per heavy atom. The van der Waals surface area contributed by atoms with Gasteiger partial charge in [0.1, 0.15) is 5.01 Å². The molecule has 3 heterocycles. The van der Waals surface area contributed by atoms with Gasteiger partial charge in [-0.25, -0.2) is 14.8 Å². The highest BCUT2D eigenvalue weighted by Crippen LogP contribution is 2.41. The van der Waals surface area contributed by atoms with Crippen molar-refractivity contribution in [3.8, 4) is 21.1 Å². The smallest absolute Gasteiger partial charge is 0.367 e. The van der Waals surface area contributed by atoms with E-state index < -0.39 is 0 Å². The maximum atomic E-state index is 12.0. The Bertz CT molecular complexity index is 887. The number of nitrogens with zero attached hydrogens (tertiary/aromatic N) is 3. The first kappa shape index (κ1) is 15.4. The Balaban J connectivity index is 1.78. The van der Waals surface area contributed by atoms with Gasteiger partial charge in [-0.2, -0.15) is 0 Å². The van der Waals surface area contributed by atoms with Gasteiger partial charge in [0.05, 0.1) is 22.9 Å². The number of carbonyl (C=O) groups is 1. The van der Waals surface area contributed by atoms with Crippen molar-refractivity contribution < 1.29 is 9.53 Å². The van der Waals surface area contributed by atoms with E-state index in [0.29, 0.717) is 11.6 Å². The molecular formula is C17H15N3O2S2. The van der Waals surface area contributed by atoms with E-state index in [-0.39, 0.29) is 5.97 Å². The Morgan fingerprint density at radius 1 is 1.29 bits per heavy atom. The largest absolute Gasteiger partial charge is 0.461 e. The molecule has 24 heavy (non-hydrogen) atoms. The maximum Gasteiger partial charge on any atom is 0.367 e. The molecule has 0 aliphatic heterocycles. The van der Waals surface area contributed by atoms with Crippen LogP contribution in [-0.4, -0.2) is 27.5 Å². The van der Waals surface area contributed by atoms with Crippen molar-refractivity contribution in [3.63, 3.8) is 0 Å². The first-order chi connectivity index (χ1) is 11.8. The van der Waals surface area contributed by atoms with Crippen LogP contribution in [0, 0.1) is 0 Å². The second kappa shape index (κ2) is 6.41. The molecule has 3 aromatic rings. The molecule has 0 radical (unpaired) electrons. The van der Waals surface area contributed by atoms with Gasteiger partial charge in [0.25, 0.3) is 0 Å². The molecule has 1 aliphatic carbocycles. The van der Waals surface area contributed by atoms with Crippen molar-refractivity contribution >= 4 is 28.6 Å². The van der Waals surface area contributed by atoms with Crippen molar-refractivity contribution in [2.45, 2.75) is 26.2 Å². The SMILES string of the molecule is CCOC(=O)c1nc2c(s1)-c1nc(-c3cccnc3)sc1CCC2. The van der Waals surface area contributed by atoms with Crippen LogP contribution in [0.5, 0.6) is 0 Å². The molecule has 4 rings (SSSR count). The lowest BCUT2D eigenvalue weighted by Gasteiger charge is -1.96. The fraction of sp³-hybridized carbons (Fsp3) is 0.294. The second-order valence-electron chi connectivity index (χ2n) is 5.40. The molecule has 0 atom stereocenters. The van der Waals surface area contributed by atoms with E-state index in [1.807, 2.05) is 18.3 Å². The predicted molar refractivity (Wildman–Crippen MR) is 94.4 cm³/mol. The molecule has 122 valence electrons. The van der Waals surface area contributed by atoms with Crippen LogP contribution in [0.3, 0.4) is 0 Å². The molecule has 0 N–H and O–H groups in total. The molecule has 1 aliphatic rings. The molecule has 0 unspecified atom stereocenters. The highest BCUT2D eigenvalue weighted by Gasteiger charge is 2.25. The number of thiazole rings is 2. The van der Waals surface area contributed by atoms with Crippen molar-refractivity contribution in [1.29, 1.82) is 0 Å². The van der Waals surface area contributed by atoms with Crippen LogP contribution >= 0.6 is 22.7 Å². The van der Waals surface area contributed by atoms with Gasteiger partial charge in [-0.1, -0.05) is 0 Å². The quantitative estimate of drug-likeness (QED) is 0.663. The number of hydrogen-bond acceptors (Lipinski definition) is 7. The molecule has 0 saturated heterocycles. The number of rotatable bonds is 3. The van der Waals surface area contributed by atoms with E-state index in [1.165, 1.54) is 16.2 Å². The number of pyridine rings is 1. The fourth-order valence-corrected chi connectivity index (χ4v) is 4.90. The van der Waals surface area contributed by atoms with Crippen LogP contribution in [0.15, 0.2) is 24.5 Å². The summed E-state index contributed by atoms with van der Waals surface area (Å²) in [6, 6.07) is 3.93. The Labute approximate surface area is 147 Å². The standard InChI is InChI=1S/C17H15N3O2S2/c1-2-22-17(21)16-19-11-6-3-7-12-13(14(11)24-16)20-15(23-12)10-5-4-8-18-9-10/h4-5,8-9H,2-3,6-7H2,1H3. The molecule has 0 amide bonds. The highest BCUT2D eigenvalue weighted by molar-refractivity contribution is 7.18. The fourth-order valence-electron chi connectivity index (χ4n) is 2.71. The van der Waals surface area contributed by atoms with Crippen molar-refractivity contribution in [2.75, 3.05) is 6.61 Å². The van der Waals surface area contributed by atoms with Crippen molar-refractivity contribution in [2.24, 2.45) is 0 Å². The minimum atomic E-state index is -0.347. The van der Waals surface area contributed by atoms with Gasteiger partial charge >= 0.3 is 5.97 Å². The van der Waals surface area contributed by atoms with Gasteiger partial charge in [-0.15, -0.1) is 22.7 Å². The van der Waals surface area contributed by atoms with Gasteiger partial charge in [-0.3, -0.25) is 4.98 Å². The molecular weight excluding hydrogens is 342 g/mol. The number of aromatic nitrogens is 3. The lowest BCUT2D eigenvalue weighted by atomic mass is 10.2. The average molecular weight is 357 g/mol. The lowest BCUT2D eigenvalue weighted by Crippen LogP contribution is -2.04. The Morgan fingerprint density at radius 3 is 3.00 bits per heavy atom. The van der Waals surface area contributed by atoms with Gasteiger partial charge in [0, 0.05) is 22.8 Å². The third-order valence-corrected chi connectivity index (χ3v) is 6.03. The second-order valence-corrected chi connectivity index (χ2v) is 7.48. The molecule has 0 aromatic carbocycles. The van der Waals surface area contributed by atoms with Crippen LogP contribution < -0.4 is 0 Å². The summed E-state index contributed by atoms with van der Waals surface area (Å²) >= 11 is 3.10. The molecule has 7 heteroatoms. The number of aryl methyl sites for hydroxylation is 2. The first-order valence-electron chi connectivity index (χ1n) is 7.83. The lowest BCUT2D eigenvalue weighted by molar-refractivity contribution is 0.0525. The Hall–Kier alpha value is -2.12. The van der Waals surface area contributed by atoms with Gasteiger partial charge in [0.2, 0.25) is 5.01 Å². The summed E-state index contributed by atoms with van der Waals surface area (Å²) in [6.07, 6.45) is 6.47. The van der Waals surface area contributed by atoms with Gasteiger partial charge in [0.15, 0.2) is 0 Å². The topological polar surface area (TPSA) is 65.0 Å². The normalized spacial score (nSPS) is 13.0. The summed E-state index contributed by atoms with van der Waals surface area (Å²) in [7, 11) is 0. The van der Waals surface area contributed by atoms with Crippen molar-refractivity contribution in [1.82, 2.24) is 15.0 Å². The first-order valence-corrected chi connectivity index (χ1v) is 9.47. The highest BCUT2D eigenvalue weighted by atomic mass is 32.1. The van der Waals surface area contributed by atoms with Crippen LogP contribution in [0.2, 0.25) is 0 Å². The zero-order valence-electron chi connectivity index (χ0n) is 13.1. The molecule has 0 spiro atoms. The van der Waals surface area contributed by atoms with Gasteiger partial charge in [-0.05, 0) is 38.3 Å². The summed E-state index contributed by atoms with van der Waals surface area (Å²) in [5, 5.41) is 1.39. The predicted octanol–water partition coefficient (Wildman–Crippen LogP) is 3.99. The number of fused-ring (bicyclic) bond motifs is 3. The van der Waals surface area contributed by atoms with E-state index >= 15 is 0 Å². The summed E-state index contributed by atoms with van der Waals surface area (Å²) < 4.78 is 5.08. The minimum absolute atomic E-state index is 0.347. The van der Waals surface area contributed by atoms with Crippen molar-refractivity contribution in [3.05, 3.63) is 40.1 Å². The number of hydrogen-bond donors (Lipinski definition) is 0. The number of esters is 1. The number of ether oxygens (including phenoxy) is 1. The number of carbonyl (C=O) groups excluding carboxylic acids is 1. The van der Waals surface area contributed by atoms with Crippen LogP contribution in [0.4, 0.5) is 0 Å². The van der Waals surface area contributed by atoms with E-state index in [2.05, 4.69) is 9.97 Å². The Kier molecular flexibility index (Phi) is 4.12. The summed E-state index contributed by atoms with van der Waals surface area (Å²) in [5.41, 5.74) is 2.96. The molecule has 5 nitrogen and oxygen atoms in total. The summed E-state index contributed by atoms with van der Waals surface area (Å²) in [5.74, 6) is -0.347. The van der Waals surface area contributed by atoms with E-state index in [1.54, 1.807) is 24.5 Å². The van der Waals surface area contributed by atoms with Crippen LogP contribution in [0.1, 0.15) is 33.7 Å². The van der Waals surface area contributed by atoms with E-state index in [9.17, 15) is 4.79 Å². The molecule has 0 fully saturated rings. The average Bonchev–Trinajstić information content (AvgIpc) is 3.17. The van der Waals surface area contributed by atoms with Crippen LogP contribution in [-0.2, 0) is 17.6 Å². The zero-order chi connectivity index (χ0) is 16.5. The molecule has 0 bridgehead atoms. The van der Waals surface area contributed by atoms with Crippen LogP contribution in [0.25, 0.3) is 21.1 Å². The summed E-state index contributed by atoms with van der Waals surface area (Å²) in [6.45, 7) is 2.16. The maximum absolute atomic E-state index is 12.0. The van der Waals surface area contributed by atoms with E-state index in [4.69, 9.17) is 9.72 Å². The molecule has 0 saturated carbocycles. The monoisotopic (exact) mass is 357 g/mol. The third-order valence-electron chi connectivity index (χ3n) is 3.79. The molecule has 3 aromatic heterocycles. The third kappa shape index (κ3) is 2.74. The summed E-state index contributed by atoms with van der Waals surface area (Å²) in [4.78, 5) is 27.8.